The van der Waals surface area contributed by atoms with Crippen LogP contribution in [-0.2, 0) is 0 Å². The topological polar surface area (TPSA) is 23.1 Å². The molecule has 0 amide bonds. The van der Waals surface area contributed by atoms with Gasteiger partial charge in [-0.15, -0.1) is 6.61 Å². The van der Waals surface area contributed by atoms with Crippen molar-refractivity contribution in [1.29, 1.82) is 0 Å². The van der Waals surface area contributed by atoms with Gasteiger partial charge in [-0.2, -0.15) is 0 Å². The molecule has 0 rings (SSSR count). The van der Waals surface area contributed by atoms with E-state index in [1.165, 1.54) is 0 Å². The quantitative estimate of drug-likeness (QED) is 0.269. The smallest absolute Gasteiger partial charge is 0.855 e. The van der Waals surface area contributed by atoms with E-state index in [4.69, 9.17) is 5.11 Å². The van der Waals surface area contributed by atoms with Gasteiger partial charge in [0, 0.05) is 0 Å². The first-order chi connectivity index (χ1) is 1.41. The van der Waals surface area contributed by atoms with E-state index >= 15 is 0 Å². The van der Waals surface area contributed by atoms with Gasteiger partial charge in [0.1, 0.15) is 0 Å². The fourth-order valence-electron chi connectivity index (χ4n) is 0. The van der Waals surface area contributed by atoms with Crippen molar-refractivity contribution in [3.8, 4) is 0 Å². The van der Waals surface area contributed by atoms with Gasteiger partial charge in [0.2, 0.25) is 0 Å². The van der Waals surface area contributed by atoms with Crippen LogP contribution in [-0.4, -0.2) is 6.61 Å². The summed E-state index contributed by atoms with van der Waals surface area (Å²) >= 11 is 0. The maximum absolute atomic E-state index is 8.93. The Labute approximate surface area is 48.3 Å². The van der Waals surface area contributed by atoms with Gasteiger partial charge in [-0.1, -0.05) is 6.92 Å². The molecule has 0 saturated heterocycles. The molecule has 0 unspecified atom stereocenters. The summed E-state index contributed by atoms with van der Waals surface area (Å²) in [6, 6.07) is 0. The third-order valence-corrected chi connectivity index (χ3v) is 0. The monoisotopic (exact) mass is 68.0 g/mol. The molecule has 0 radical (unpaired) electrons. The summed E-state index contributed by atoms with van der Waals surface area (Å²) in [6.07, 6.45) is 0. The van der Waals surface area contributed by atoms with Crippen molar-refractivity contribution < 1.29 is 34.7 Å². The molecule has 0 atom stereocenters. The molecule has 0 spiro atoms. The number of hydrogen-bond acceptors (Lipinski definition) is 1. The Morgan fingerprint density at radius 3 is 1.75 bits per heavy atom. The Balaban J connectivity index is 0. The zero-order chi connectivity index (χ0) is 2.71. The van der Waals surface area contributed by atoms with Crippen LogP contribution < -0.4 is 34.7 Å². The fourth-order valence-corrected chi connectivity index (χ4v) is 0. The second-order valence-electron chi connectivity index (χ2n) is 0.289. The molecule has 20 valence electrons. The molecule has 2 heteroatoms. The molecule has 4 heavy (non-hydrogen) atoms. The van der Waals surface area contributed by atoms with Gasteiger partial charge >= 0.3 is 29.6 Å². The van der Waals surface area contributed by atoms with Crippen LogP contribution in [0, 0.1) is 0 Å². The zero-order valence-corrected chi connectivity index (χ0v) is 5.12. The summed E-state index contributed by atoms with van der Waals surface area (Å²) in [5.74, 6) is 0. The van der Waals surface area contributed by atoms with Crippen molar-refractivity contribution in [3.05, 3.63) is 0 Å². The summed E-state index contributed by atoms with van der Waals surface area (Å²) in [7, 11) is 0. The van der Waals surface area contributed by atoms with Crippen LogP contribution in [0.2, 0.25) is 0 Å². The molecule has 0 aromatic rings. The molecule has 1 nitrogen and oxygen atoms in total. The Kier molecular flexibility index (Phi) is 20.0. The first-order valence-electron chi connectivity index (χ1n) is 0.996. The van der Waals surface area contributed by atoms with Crippen LogP contribution in [0.3, 0.4) is 0 Å². The Morgan fingerprint density at radius 1 is 1.75 bits per heavy atom. The van der Waals surface area contributed by atoms with E-state index in [-0.39, 0.29) is 36.2 Å². The number of rotatable bonds is 0. The van der Waals surface area contributed by atoms with E-state index in [1.54, 1.807) is 6.92 Å². The van der Waals surface area contributed by atoms with Gasteiger partial charge in [-0.05, 0) is 0 Å². The first-order valence-corrected chi connectivity index (χ1v) is 0.996. The molecular formula is C2H5NaO. The van der Waals surface area contributed by atoms with Crippen molar-refractivity contribution in [2.24, 2.45) is 0 Å². The maximum Gasteiger partial charge on any atom is 1.00 e. The van der Waals surface area contributed by atoms with Crippen LogP contribution in [0.1, 0.15) is 6.92 Å². The van der Waals surface area contributed by atoms with Crippen LogP contribution in [0.5, 0.6) is 0 Å². The van der Waals surface area contributed by atoms with E-state index in [9.17, 15) is 0 Å². The second-order valence-corrected chi connectivity index (χ2v) is 0.289. The minimum absolute atomic E-state index is 0. The van der Waals surface area contributed by atoms with E-state index in [1.807, 2.05) is 0 Å². The van der Waals surface area contributed by atoms with E-state index in [0.29, 0.717) is 0 Å². The van der Waals surface area contributed by atoms with E-state index in [2.05, 4.69) is 0 Å². The Morgan fingerprint density at radius 2 is 1.75 bits per heavy atom. The number of hydrogen-bond donors (Lipinski definition) is 0. The van der Waals surface area contributed by atoms with Crippen molar-refractivity contribution in [1.82, 2.24) is 0 Å². The molecule has 0 heterocycles. The van der Waals surface area contributed by atoms with E-state index < -0.39 is 0 Å². The Hall–Kier alpha value is 0.960. The molecular weight excluding hydrogens is 63.0 g/mol. The zero-order valence-electron chi connectivity index (χ0n) is 3.12. The predicted molar refractivity (Wildman–Crippen MR) is 10.5 cm³/mol. The van der Waals surface area contributed by atoms with Crippen LogP contribution in [0.25, 0.3) is 0 Å². The predicted octanol–water partition coefficient (Wildman–Crippen LogP) is -3.63. The van der Waals surface area contributed by atoms with Crippen molar-refractivity contribution in [2.75, 3.05) is 6.61 Å². The summed E-state index contributed by atoms with van der Waals surface area (Å²) in [5, 5.41) is 8.93. The van der Waals surface area contributed by atoms with Gasteiger partial charge in [-0.3, -0.25) is 0 Å². The minimum atomic E-state index is 0. The summed E-state index contributed by atoms with van der Waals surface area (Å²) < 4.78 is 0. The van der Waals surface area contributed by atoms with Crippen LogP contribution >= 0.6 is 0 Å². The standard InChI is InChI=1S/C2H5O.Na/c1-2-3;/h2H2,1H3;/q-1;+1. The fraction of sp³-hybridized carbons (Fsp3) is 1.00. The third-order valence-electron chi connectivity index (χ3n) is 0. The van der Waals surface area contributed by atoms with Gasteiger partial charge in [0.15, 0.2) is 0 Å². The molecule has 0 bridgehead atoms. The van der Waals surface area contributed by atoms with Gasteiger partial charge in [-0.25, -0.2) is 0 Å². The largest absolute Gasteiger partial charge is 1.00 e. The molecule has 0 aliphatic carbocycles. The SMILES string of the molecule is CC[O-].[Na+]. The van der Waals surface area contributed by atoms with Gasteiger partial charge in [0.25, 0.3) is 0 Å². The molecule has 0 aromatic heterocycles. The molecule has 0 aromatic carbocycles. The molecule has 0 saturated carbocycles. The normalized spacial score (nSPS) is 4.50. The van der Waals surface area contributed by atoms with Crippen LogP contribution in [0.4, 0.5) is 0 Å². The second kappa shape index (κ2) is 9.03. The van der Waals surface area contributed by atoms with Crippen molar-refractivity contribution in [2.45, 2.75) is 6.92 Å². The summed E-state index contributed by atoms with van der Waals surface area (Å²) in [6.45, 7) is 1.57. The molecule has 0 aliphatic rings. The summed E-state index contributed by atoms with van der Waals surface area (Å²) in [5.41, 5.74) is 0. The van der Waals surface area contributed by atoms with Crippen molar-refractivity contribution in [3.63, 3.8) is 0 Å². The minimum Gasteiger partial charge on any atom is -0.855 e. The first kappa shape index (κ1) is 8.88. The summed E-state index contributed by atoms with van der Waals surface area (Å²) in [4.78, 5) is 0. The molecule has 0 aliphatic heterocycles. The molecule has 0 N–H and O–H groups in total. The van der Waals surface area contributed by atoms with Gasteiger partial charge < -0.3 is 5.11 Å². The van der Waals surface area contributed by atoms with Crippen molar-refractivity contribution >= 4 is 0 Å². The average Bonchev–Trinajstić information content (AvgIpc) is 0.918. The van der Waals surface area contributed by atoms with E-state index in [0.717, 1.165) is 0 Å². The average molecular weight is 68.1 g/mol. The van der Waals surface area contributed by atoms with Gasteiger partial charge in [0.05, 0.1) is 0 Å². The van der Waals surface area contributed by atoms with Crippen LogP contribution in [0.15, 0.2) is 0 Å². The Bertz CT molecular complexity index is 6.00. The maximum atomic E-state index is 8.93. The molecule has 0 fully saturated rings. The third kappa shape index (κ3) is 12.3.